The van der Waals surface area contributed by atoms with Gasteiger partial charge in [-0.3, -0.25) is 0 Å². The van der Waals surface area contributed by atoms with Crippen LogP contribution in [0.4, 0.5) is 8.78 Å². The number of halogens is 2. The average Bonchev–Trinajstić information content (AvgIpc) is 2.40. The molecule has 0 unspecified atom stereocenters. The van der Waals surface area contributed by atoms with Gasteiger partial charge in [-0.25, -0.2) is 8.78 Å². The first-order valence-electron chi connectivity index (χ1n) is 8.38. The summed E-state index contributed by atoms with van der Waals surface area (Å²) in [4.78, 5) is 0. The van der Waals surface area contributed by atoms with Gasteiger partial charge in [0.1, 0.15) is 6.61 Å². The number of aliphatic hydroxyl groups excluding tert-OH is 1. The lowest BCUT2D eigenvalue weighted by Gasteiger charge is -2.33. The predicted molar refractivity (Wildman–Crippen MR) is 82.3 cm³/mol. The molecule has 0 saturated heterocycles. The first kappa shape index (κ1) is 19.8. The fourth-order valence-electron chi connectivity index (χ4n) is 2.94. The maximum atomic E-state index is 13.5. The molecule has 1 nitrogen and oxygen atoms in total. The Labute approximate surface area is 124 Å². The largest absolute Gasteiger partial charge is 0.390 e. The van der Waals surface area contributed by atoms with Crippen molar-refractivity contribution < 1.29 is 13.9 Å². The summed E-state index contributed by atoms with van der Waals surface area (Å²) >= 11 is 0. The van der Waals surface area contributed by atoms with Crippen LogP contribution in [-0.2, 0) is 0 Å². The van der Waals surface area contributed by atoms with Gasteiger partial charge in [0.25, 0.3) is 5.92 Å². The molecule has 0 aromatic rings. The molecule has 3 heteroatoms. The first-order chi connectivity index (χ1) is 9.39. The van der Waals surface area contributed by atoms with Crippen LogP contribution in [-0.4, -0.2) is 17.6 Å². The second-order valence-electron chi connectivity index (χ2n) is 6.62. The molecule has 122 valence electrons. The molecule has 1 N–H and O–H groups in total. The van der Waals surface area contributed by atoms with Crippen molar-refractivity contribution >= 4 is 0 Å². The monoisotopic (exact) mass is 292 g/mol. The Balaban J connectivity index is 4.33. The summed E-state index contributed by atoms with van der Waals surface area (Å²) in [5, 5.41) is 8.83. The van der Waals surface area contributed by atoms with Gasteiger partial charge in [-0.2, -0.15) is 0 Å². The van der Waals surface area contributed by atoms with Crippen LogP contribution in [0.1, 0.15) is 91.4 Å². The van der Waals surface area contributed by atoms with E-state index < -0.39 is 12.5 Å². The Hall–Kier alpha value is -0.180. The second-order valence-corrected chi connectivity index (χ2v) is 6.62. The maximum Gasteiger partial charge on any atom is 0.271 e. The summed E-state index contributed by atoms with van der Waals surface area (Å²) < 4.78 is 27.1. The minimum absolute atomic E-state index is 0.172. The van der Waals surface area contributed by atoms with Gasteiger partial charge in [-0.05, 0) is 18.3 Å². The topological polar surface area (TPSA) is 20.2 Å². The van der Waals surface area contributed by atoms with Crippen LogP contribution in [0.5, 0.6) is 0 Å². The van der Waals surface area contributed by atoms with Gasteiger partial charge in [-0.15, -0.1) is 0 Å². The standard InChI is InChI=1S/C17H34F2O/c1-4-6-8-10-12-16(3,13-11-9-7-5-2)14-17(18,19)15-20/h20H,4-15H2,1-3H3. The minimum Gasteiger partial charge on any atom is -0.390 e. The predicted octanol–water partition coefficient (Wildman–Crippen LogP) is 5.95. The first-order valence-corrected chi connectivity index (χ1v) is 8.38. The minimum atomic E-state index is -2.93. The van der Waals surface area contributed by atoms with Crippen LogP contribution >= 0.6 is 0 Å². The number of alkyl halides is 2. The smallest absolute Gasteiger partial charge is 0.271 e. The molecule has 0 spiro atoms. The van der Waals surface area contributed by atoms with Gasteiger partial charge < -0.3 is 5.11 Å². The van der Waals surface area contributed by atoms with Crippen LogP contribution in [0, 0.1) is 5.41 Å². The van der Waals surface area contributed by atoms with Gasteiger partial charge >= 0.3 is 0 Å². The van der Waals surface area contributed by atoms with Crippen LogP contribution in [0.15, 0.2) is 0 Å². The van der Waals surface area contributed by atoms with Crippen LogP contribution in [0.25, 0.3) is 0 Å². The SMILES string of the molecule is CCCCCCC(C)(CCCCCC)CC(F)(F)CO. The summed E-state index contributed by atoms with van der Waals surface area (Å²) in [6.45, 7) is 5.27. The van der Waals surface area contributed by atoms with Crippen molar-refractivity contribution in [3.63, 3.8) is 0 Å². The van der Waals surface area contributed by atoms with E-state index >= 15 is 0 Å². The molecule has 0 aliphatic rings. The zero-order valence-corrected chi connectivity index (χ0v) is 13.7. The average molecular weight is 292 g/mol. The van der Waals surface area contributed by atoms with E-state index in [1.54, 1.807) is 0 Å². The molecule has 0 rings (SSSR count). The third-order valence-electron chi connectivity index (χ3n) is 4.18. The zero-order chi connectivity index (χ0) is 15.5. The lowest BCUT2D eigenvalue weighted by atomic mass is 9.75. The van der Waals surface area contributed by atoms with Crippen molar-refractivity contribution in [3.05, 3.63) is 0 Å². The molecule has 0 saturated carbocycles. The van der Waals surface area contributed by atoms with Crippen LogP contribution < -0.4 is 0 Å². The summed E-state index contributed by atoms with van der Waals surface area (Å²) in [5.41, 5.74) is -0.326. The van der Waals surface area contributed by atoms with E-state index in [2.05, 4.69) is 13.8 Å². The third kappa shape index (κ3) is 9.68. The lowest BCUT2D eigenvalue weighted by molar-refractivity contribution is -0.0860. The van der Waals surface area contributed by atoms with Gasteiger partial charge in [0.2, 0.25) is 0 Å². The number of unbranched alkanes of at least 4 members (excludes halogenated alkanes) is 6. The van der Waals surface area contributed by atoms with Crippen LogP contribution in [0.3, 0.4) is 0 Å². The maximum absolute atomic E-state index is 13.5. The number of hydrogen-bond donors (Lipinski definition) is 1. The molecule has 0 aliphatic carbocycles. The third-order valence-corrected chi connectivity index (χ3v) is 4.18. The van der Waals surface area contributed by atoms with Gasteiger partial charge in [0, 0.05) is 6.42 Å². The summed E-state index contributed by atoms with van der Waals surface area (Å²) in [7, 11) is 0. The van der Waals surface area contributed by atoms with Gasteiger partial charge in [0.05, 0.1) is 0 Å². The van der Waals surface area contributed by atoms with E-state index in [0.717, 1.165) is 38.5 Å². The fraction of sp³-hybridized carbons (Fsp3) is 1.00. The van der Waals surface area contributed by atoms with Crippen LogP contribution in [0.2, 0.25) is 0 Å². The molecule has 20 heavy (non-hydrogen) atoms. The van der Waals surface area contributed by atoms with E-state index in [1.165, 1.54) is 25.7 Å². The zero-order valence-electron chi connectivity index (χ0n) is 13.7. The Bertz CT molecular complexity index is 217. The molecule has 0 fully saturated rings. The fourth-order valence-corrected chi connectivity index (χ4v) is 2.94. The van der Waals surface area contributed by atoms with Crippen molar-refractivity contribution in [2.75, 3.05) is 6.61 Å². The molecule has 0 aromatic heterocycles. The normalized spacial score (nSPS) is 12.9. The Kier molecular flexibility index (Phi) is 10.4. The summed E-state index contributed by atoms with van der Waals surface area (Å²) in [6.07, 6.45) is 10.6. The molecule has 0 heterocycles. The molecule has 0 bridgehead atoms. The Morgan fingerprint density at radius 1 is 0.800 bits per heavy atom. The van der Waals surface area contributed by atoms with E-state index in [1.807, 2.05) is 6.92 Å². The highest BCUT2D eigenvalue weighted by atomic mass is 19.3. The lowest BCUT2D eigenvalue weighted by Crippen LogP contribution is -2.31. The molecule has 0 atom stereocenters. The van der Waals surface area contributed by atoms with Crippen molar-refractivity contribution in [1.29, 1.82) is 0 Å². The molecule has 0 amide bonds. The highest BCUT2D eigenvalue weighted by Gasteiger charge is 2.37. The second kappa shape index (κ2) is 10.5. The molecule has 0 aliphatic heterocycles. The van der Waals surface area contributed by atoms with E-state index in [9.17, 15) is 8.78 Å². The number of hydrogen-bond acceptors (Lipinski definition) is 1. The molecule has 0 radical (unpaired) electrons. The number of rotatable bonds is 13. The van der Waals surface area contributed by atoms with Gasteiger partial charge in [0.15, 0.2) is 0 Å². The molecular formula is C17H34F2O. The summed E-state index contributed by atoms with van der Waals surface area (Å²) in [6, 6.07) is 0. The van der Waals surface area contributed by atoms with Crippen molar-refractivity contribution in [3.8, 4) is 0 Å². The molecular weight excluding hydrogens is 258 g/mol. The van der Waals surface area contributed by atoms with E-state index in [4.69, 9.17) is 5.11 Å². The van der Waals surface area contributed by atoms with E-state index in [-0.39, 0.29) is 11.8 Å². The highest BCUT2D eigenvalue weighted by molar-refractivity contribution is 4.81. The number of aliphatic hydroxyl groups is 1. The Morgan fingerprint density at radius 3 is 1.60 bits per heavy atom. The van der Waals surface area contributed by atoms with Crippen molar-refractivity contribution in [2.45, 2.75) is 97.3 Å². The van der Waals surface area contributed by atoms with Gasteiger partial charge in [-0.1, -0.05) is 72.1 Å². The summed E-state index contributed by atoms with van der Waals surface area (Å²) in [5.74, 6) is -2.93. The highest BCUT2D eigenvalue weighted by Crippen LogP contribution is 2.40. The van der Waals surface area contributed by atoms with Crippen molar-refractivity contribution in [2.24, 2.45) is 5.41 Å². The molecule has 0 aromatic carbocycles. The van der Waals surface area contributed by atoms with Crippen molar-refractivity contribution in [1.82, 2.24) is 0 Å². The van der Waals surface area contributed by atoms with E-state index in [0.29, 0.717) is 0 Å². The quantitative estimate of drug-likeness (QED) is 0.416. The Morgan fingerprint density at radius 2 is 1.25 bits per heavy atom.